The van der Waals surface area contributed by atoms with Crippen molar-refractivity contribution >= 4 is 5.97 Å². The van der Waals surface area contributed by atoms with Gasteiger partial charge in [0.2, 0.25) is 0 Å². The average molecular weight is 234 g/mol. The van der Waals surface area contributed by atoms with Gasteiger partial charge in [0.25, 0.3) is 0 Å². The number of hydrogen-bond acceptors (Lipinski definition) is 4. The third-order valence-electron chi connectivity index (χ3n) is 2.40. The Kier molecular flexibility index (Phi) is 2.96. The molecule has 0 aromatic carbocycles. The van der Waals surface area contributed by atoms with Crippen LogP contribution in [0.4, 0.5) is 0 Å². The molecule has 4 nitrogen and oxygen atoms in total. The summed E-state index contributed by atoms with van der Waals surface area (Å²) in [6.07, 6.45) is 8.88. The fourth-order valence-electron chi connectivity index (χ4n) is 1.70. The van der Waals surface area contributed by atoms with Crippen LogP contribution in [0.5, 0.6) is 0 Å². The van der Waals surface area contributed by atoms with Gasteiger partial charge < -0.3 is 4.74 Å². The summed E-state index contributed by atoms with van der Waals surface area (Å²) in [5.41, 5.74) is 4.10. The van der Waals surface area contributed by atoms with Crippen molar-refractivity contribution < 1.29 is 9.53 Å². The summed E-state index contributed by atoms with van der Waals surface area (Å²) in [5.74, 6) is -0.310. The van der Waals surface area contributed by atoms with Gasteiger partial charge in [-0.3, -0.25) is 10.4 Å². The highest BCUT2D eigenvalue weighted by atomic mass is 16.6. The number of allylic oxidation sites excluding steroid dienone is 3. The molecule has 0 radical (unpaired) electrons. The number of carbonyl (C=O) groups excluding carboxylic acids is 1. The largest absolute Gasteiger partial charge is 0.455 e. The number of rotatable bonds is 1. The molecule has 1 N–H and O–H groups in total. The summed E-state index contributed by atoms with van der Waals surface area (Å²) in [7, 11) is 0. The minimum Gasteiger partial charge on any atom is -0.455 e. The molecule has 2 rings (SSSR count). The molecule has 0 unspecified atom stereocenters. The number of ether oxygens (including phenoxy) is 1. The molecular formula is C13H18N2O2. The third-order valence-corrected chi connectivity index (χ3v) is 2.40. The Morgan fingerprint density at radius 3 is 2.94 bits per heavy atom. The van der Waals surface area contributed by atoms with E-state index in [1.807, 2.05) is 44.0 Å². The molecule has 0 amide bonds. The van der Waals surface area contributed by atoms with Gasteiger partial charge in [0.05, 0.1) is 5.70 Å². The number of esters is 1. The molecule has 4 heteroatoms. The fraction of sp³-hybridized carbons (Fsp3) is 0.462. The van der Waals surface area contributed by atoms with Crippen LogP contribution in [0.15, 0.2) is 35.7 Å². The highest BCUT2D eigenvalue weighted by molar-refractivity contribution is 5.89. The number of hydrogen-bond donors (Lipinski definition) is 1. The summed E-state index contributed by atoms with van der Waals surface area (Å²) >= 11 is 0. The highest BCUT2D eigenvalue weighted by Crippen LogP contribution is 2.20. The van der Waals surface area contributed by atoms with Crippen LogP contribution in [0.2, 0.25) is 0 Å². The van der Waals surface area contributed by atoms with Crippen LogP contribution in [0, 0.1) is 0 Å². The van der Waals surface area contributed by atoms with Crippen molar-refractivity contribution in [1.82, 2.24) is 10.4 Å². The fourth-order valence-corrected chi connectivity index (χ4v) is 1.70. The van der Waals surface area contributed by atoms with Crippen LogP contribution in [-0.4, -0.2) is 23.1 Å². The van der Waals surface area contributed by atoms with Crippen LogP contribution >= 0.6 is 0 Å². The van der Waals surface area contributed by atoms with Crippen molar-refractivity contribution in [2.24, 2.45) is 0 Å². The van der Waals surface area contributed by atoms with E-state index in [1.165, 1.54) is 0 Å². The Morgan fingerprint density at radius 1 is 1.47 bits per heavy atom. The van der Waals surface area contributed by atoms with E-state index in [0.717, 1.165) is 18.7 Å². The Balaban J connectivity index is 2.09. The number of nitrogens with zero attached hydrogens (tertiary/aromatic N) is 1. The summed E-state index contributed by atoms with van der Waals surface area (Å²) < 4.78 is 5.32. The van der Waals surface area contributed by atoms with Crippen LogP contribution in [0.1, 0.15) is 27.2 Å². The molecule has 92 valence electrons. The summed E-state index contributed by atoms with van der Waals surface area (Å²) in [6, 6.07) is 0. The Labute approximate surface area is 102 Å². The van der Waals surface area contributed by atoms with Crippen molar-refractivity contribution in [2.45, 2.75) is 32.8 Å². The molecule has 17 heavy (non-hydrogen) atoms. The van der Waals surface area contributed by atoms with E-state index in [4.69, 9.17) is 4.74 Å². The molecular weight excluding hydrogens is 216 g/mol. The first-order valence-electron chi connectivity index (χ1n) is 5.82. The smallest absolute Gasteiger partial charge is 0.356 e. The number of hydrazine groups is 1. The van der Waals surface area contributed by atoms with Gasteiger partial charge in [-0.15, -0.1) is 0 Å². The maximum atomic E-state index is 11.9. The lowest BCUT2D eigenvalue weighted by Gasteiger charge is -2.22. The topological polar surface area (TPSA) is 41.6 Å². The zero-order valence-corrected chi connectivity index (χ0v) is 10.5. The second-order valence-electron chi connectivity index (χ2n) is 5.13. The predicted octanol–water partition coefficient (Wildman–Crippen LogP) is 1.88. The normalized spacial score (nSPS) is 18.9. The molecule has 0 atom stereocenters. The van der Waals surface area contributed by atoms with Gasteiger partial charge in [-0.25, -0.2) is 4.79 Å². The van der Waals surface area contributed by atoms with Crippen molar-refractivity contribution in [1.29, 1.82) is 0 Å². The maximum absolute atomic E-state index is 11.9. The van der Waals surface area contributed by atoms with Crippen molar-refractivity contribution in [3.05, 3.63) is 35.7 Å². The highest BCUT2D eigenvalue weighted by Gasteiger charge is 2.26. The average Bonchev–Trinajstić information content (AvgIpc) is 2.48. The predicted molar refractivity (Wildman–Crippen MR) is 65.6 cm³/mol. The zero-order chi connectivity index (χ0) is 12.5. The molecule has 0 aliphatic carbocycles. The van der Waals surface area contributed by atoms with E-state index in [-0.39, 0.29) is 5.97 Å². The molecule has 0 aromatic heterocycles. The van der Waals surface area contributed by atoms with Gasteiger partial charge in [-0.2, -0.15) is 0 Å². The van der Waals surface area contributed by atoms with E-state index in [9.17, 15) is 4.79 Å². The molecule has 0 spiro atoms. The van der Waals surface area contributed by atoms with Crippen LogP contribution in [-0.2, 0) is 9.53 Å². The second kappa shape index (κ2) is 4.28. The van der Waals surface area contributed by atoms with Gasteiger partial charge in [-0.05, 0) is 39.3 Å². The molecule has 0 bridgehead atoms. The van der Waals surface area contributed by atoms with Crippen molar-refractivity contribution in [3.8, 4) is 0 Å². The molecule has 2 aliphatic rings. The van der Waals surface area contributed by atoms with Crippen molar-refractivity contribution in [2.75, 3.05) is 6.54 Å². The van der Waals surface area contributed by atoms with Gasteiger partial charge in [0.15, 0.2) is 0 Å². The third kappa shape index (κ3) is 2.90. The first-order valence-corrected chi connectivity index (χ1v) is 5.82. The maximum Gasteiger partial charge on any atom is 0.356 e. The monoisotopic (exact) mass is 234 g/mol. The number of fused-ring (bicyclic) bond motifs is 1. The van der Waals surface area contributed by atoms with Gasteiger partial charge in [-0.1, -0.05) is 12.2 Å². The SMILES string of the molecule is CC(C)(C)OC(=O)C1=CC2=CC=CCCN2N1. The summed E-state index contributed by atoms with van der Waals surface area (Å²) in [4.78, 5) is 11.9. The number of carbonyl (C=O) groups is 1. The molecule has 0 aromatic rings. The van der Waals surface area contributed by atoms with Crippen LogP contribution < -0.4 is 5.43 Å². The quantitative estimate of drug-likeness (QED) is 0.703. The first-order chi connectivity index (χ1) is 7.96. The molecule has 0 fully saturated rings. The van der Waals surface area contributed by atoms with E-state index in [1.54, 1.807) is 0 Å². The van der Waals surface area contributed by atoms with E-state index in [2.05, 4.69) is 11.5 Å². The number of nitrogens with one attached hydrogen (secondary N) is 1. The summed E-state index contributed by atoms with van der Waals surface area (Å²) in [6.45, 7) is 6.44. The van der Waals surface area contributed by atoms with Crippen LogP contribution in [0.3, 0.4) is 0 Å². The van der Waals surface area contributed by atoms with E-state index >= 15 is 0 Å². The van der Waals surface area contributed by atoms with Gasteiger partial charge in [0.1, 0.15) is 11.3 Å². The minimum absolute atomic E-state index is 0.310. The first kappa shape index (κ1) is 11.8. The lowest BCUT2D eigenvalue weighted by Crippen LogP contribution is -2.35. The van der Waals surface area contributed by atoms with E-state index < -0.39 is 5.60 Å². The Hall–Kier alpha value is -1.71. The van der Waals surface area contributed by atoms with Crippen LogP contribution in [0.25, 0.3) is 0 Å². The molecule has 0 saturated heterocycles. The van der Waals surface area contributed by atoms with Crippen molar-refractivity contribution in [3.63, 3.8) is 0 Å². The second-order valence-corrected chi connectivity index (χ2v) is 5.13. The van der Waals surface area contributed by atoms with Gasteiger partial charge in [0, 0.05) is 6.54 Å². The zero-order valence-electron chi connectivity index (χ0n) is 10.5. The molecule has 0 saturated carbocycles. The molecule has 2 aliphatic heterocycles. The summed E-state index contributed by atoms with van der Waals surface area (Å²) in [5, 5.41) is 1.96. The van der Waals surface area contributed by atoms with E-state index in [0.29, 0.717) is 5.70 Å². The Bertz CT molecular complexity index is 414. The lowest BCUT2D eigenvalue weighted by atomic mass is 10.2. The lowest BCUT2D eigenvalue weighted by molar-refractivity contribution is -0.150. The van der Waals surface area contributed by atoms with Gasteiger partial charge >= 0.3 is 5.97 Å². The molecule has 2 heterocycles. The minimum atomic E-state index is -0.464. The Morgan fingerprint density at radius 2 is 2.24 bits per heavy atom. The standard InChI is InChI=1S/C13H18N2O2/c1-13(2,3)17-12(16)11-9-10-7-5-4-6-8-15(10)14-11/h4-5,7,9,14H,6,8H2,1-3H3.